The van der Waals surface area contributed by atoms with Crippen LogP contribution in [0.4, 0.5) is 28.6 Å². The normalized spacial score (nSPS) is 15.6. The number of pyridine rings is 1. The number of hydrogen-bond donors (Lipinski definition) is 1. The fourth-order valence-corrected chi connectivity index (χ4v) is 5.05. The average Bonchev–Trinajstić information content (AvgIpc) is 3.03. The van der Waals surface area contributed by atoms with E-state index in [1.807, 2.05) is 66.2 Å². The second-order valence-corrected chi connectivity index (χ2v) is 9.49. The molecule has 2 aliphatic heterocycles. The number of piperidine rings is 1. The molecule has 38 heavy (non-hydrogen) atoms. The number of rotatable bonds is 6. The molecule has 1 N–H and O–H groups in total. The van der Waals surface area contributed by atoms with Crippen LogP contribution in [0.3, 0.4) is 0 Å². The molecule has 0 bridgehead atoms. The molecule has 3 aromatic rings. The van der Waals surface area contributed by atoms with E-state index in [2.05, 4.69) is 10.3 Å². The Bertz CT molecular complexity index is 1350. The minimum atomic E-state index is -0.0842. The Hall–Kier alpha value is -4.11. The van der Waals surface area contributed by atoms with Gasteiger partial charge in [-0.2, -0.15) is 0 Å². The van der Waals surface area contributed by atoms with Gasteiger partial charge in [0.1, 0.15) is 11.6 Å². The molecule has 2 amide bonds. The molecular formula is C29H33N5O4. The summed E-state index contributed by atoms with van der Waals surface area (Å²) in [6.07, 6.45) is 3.58. The number of carbonyl (C=O) groups is 2. The van der Waals surface area contributed by atoms with Crippen LogP contribution in [0.5, 0.6) is 5.75 Å². The lowest BCUT2D eigenvalue weighted by atomic mass is 10.1. The number of nitrogens with zero attached hydrogens (tertiary/aromatic N) is 4. The topological polar surface area (TPSA) is 87.2 Å². The highest BCUT2D eigenvalue weighted by atomic mass is 16.5. The van der Waals surface area contributed by atoms with E-state index in [0.29, 0.717) is 53.8 Å². The molecule has 3 heterocycles. The Kier molecular flexibility index (Phi) is 7.20. The summed E-state index contributed by atoms with van der Waals surface area (Å²) in [6, 6.07) is 14.9. The number of nitrogens with one attached hydrogen (secondary N) is 1. The zero-order chi connectivity index (χ0) is 26.8. The van der Waals surface area contributed by atoms with E-state index in [1.165, 1.54) is 0 Å². The van der Waals surface area contributed by atoms with Crippen molar-refractivity contribution >= 4 is 40.4 Å². The molecule has 9 heteroatoms. The van der Waals surface area contributed by atoms with Crippen LogP contribution in [0.25, 0.3) is 0 Å². The van der Waals surface area contributed by atoms with Crippen LogP contribution >= 0.6 is 0 Å². The van der Waals surface area contributed by atoms with E-state index >= 15 is 0 Å². The summed E-state index contributed by atoms with van der Waals surface area (Å²) in [5.74, 6) is 1.08. The molecule has 0 spiro atoms. The van der Waals surface area contributed by atoms with Crippen LogP contribution < -0.4 is 19.9 Å². The zero-order valence-corrected chi connectivity index (χ0v) is 22.2. The SMILES string of the molecule is CCOc1cc(C(=O)N2CCC(OC)CC2)ccc1Nc1cc2c(cn1)N(C)C(=O)c1ccccc1N2C. The summed E-state index contributed by atoms with van der Waals surface area (Å²) in [4.78, 5) is 36.3. The standard InChI is InChI=1S/C29H33N5O4/c1-5-38-26-16-19(28(35)34-14-12-20(37-4)13-15-34)10-11-22(26)31-27-17-24-25(18-30-27)33(3)29(36)21-8-6-7-9-23(21)32(24)2/h6-11,16-18,20H,5,12-15H2,1-4H3,(H,30,31). The highest BCUT2D eigenvalue weighted by molar-refractivity contribution is 6.13. The summed E-state index contributed by atoms with van der Waals surface area (Å²) < 4.78 is 11.3. The molecule has 2 aliphatic rings. The van der Waals surface area contributed by atoms with Crippen LogP contribution in [0.2, 0.25) is 0 Å². The van der Waals surface area contributed by atoms with Crippen molar-refractivity contribution in [2.75, 3.05) is 56.0 Å². The number of para-hydroxylation sites is 1. The summed E-state index contributed by atoms with van der Waals surface area (Å²) >= 11 is 0. The number of fused-ring (bicyclic) bond motifs is 2. The maximum absolute atomic E-state index is 13.2. The first-order valence-electron chi connectivity index (χ1n) is 12.9. The molecular weight excluding hydrogens is 482 g/mol. The van der Waals surface area contributed by atoms with Crippen molar-refractivity contribution in [2.45, 2.75) is 25.9 Å². The number of ether oxygens (including phenoxy) is 2. The average molecular weight is 516 g/mol. The Labute approximate surface area is 223 Å². The van der Waals surface area contributed by atoms with Gasteiger partial charge in [-0.1, -0.05) is 12.1 Å². The van der Waals surface area contributed by atoms with Gasteiger partial charge in [0.2, 0.25) is 0 Å². The molecule has 0 saturated carbocycles. The number of carbonyl (C=O) groups excluding carboxylic acids is 2. The second-order valence-electron chi connectivity index (χ2n) is 9.49. The maximum Gasteiger partial charge on any atom is 0.260 e. The van der Waals surface area contributed by atoms with E-state index in [9.17, 15) is 9.59 Å². The largest absolute Gasteiger partial charge is 0.492 e. The third-order valence-corrected chi connectivity index (χ3v) is 7.24. The molecule has 0 radical (unpaired) electrons. The van der Waals surface area contributed by atoms with E-state index in [1.54, 1.807) is 31.3 Å². The van der Waals surface area contributed by atoms with Crippen molar-refractivity contribution in [1.29, 1.82) is 0 Å². The van der Waals surface area contributed by atoms with Crippen molar-refractivity contribution in [1.82, 2.24) is 9.88 Å². The lowest BCUT2D eigenvalue weighted by Gasteiger charge is -2.31. The van der Waals surface area contributed by atoms with Gasteiger partial charge in [0.15, 0.2) is 0 Å². The smallest absolute Gasteiger partial charge is 0.260 e. The van der Waals surface area contributed by atoms with Gasteiger partial charge in [-0.15, -0.1) is 0 Å². The number of hydrogen-bond acceptors (Lipinski definition) is 7. The van der Waals surface area contributed by atoms with Gasteiger partial charge in [-0.25, -0.2) is 4.98 Å². The Morgan fingerprint density at radius 2 is 1.79 bits per heavy atom. The van der Waals surface area contributed by atoms with Gasteiger partial charge in [0.05, 0.1) is 47.2 Å². The minimum Gasteiger partial charge on any atom is -0.492 e. The van der Waals surface area contributed by atoms with Gasteiger partial charge < -0.3 is 29.5 Å². The quantitative estimate of drug-likeness (QED) is 0.503. The summed E-state index contributed by atoms with van der Waals surface area (Å²) in [6.45, 7) is 3.71. The molecule has 0 unspecified atom stereocenters. The summed E-state index contributed by atoms with van der Waals surface area (Å²) in [7, 11) is 5.41. The van der Waals surface area contributed by atoms with E-state index in [-0.39, 0.29) is 17.9 Å². The van der Waals surface area contributed by atoms with Crippen molar-refractivity contribution in [2.24, 2.45) is 0 Å². The molecule has 9 nitrogen and oxygen atoms in total. The summed E-state index contributed by atoms with van der Waals surface area (Å²) in [5, 5.41) is 3.35. The predicted molar refractivity (Wildman–Crippen MR) is 148 cm³/mol. The number of methoxy groups -OCH3 is 1. The van der Waals surface area contributed by atoms with Gasteiger partial charge in [-0.05, 0) is 50.1 Å². The van der Waals surface area contributed by atoms with Gasteiger partial charge in [0, 0.05) is 45.9 Å². The molecule has 2 aromatic carbocycles. The molecule has 1 saturated heterocycles. The second kappa shape index (κ2) is 10.7. The molecule has 198 valence electrons. The molecule has 0 atom stereocenters. The number of anilines is 5. The first-order chi connectivity index (χ1) is 18.4. The number of aromatic nitrogens is 1. The van der Waals surface area contributed by atoms with Crippen LogP contribution in [-0.4, -0.2) is 68.7 Å². The predicted octanol–water partition coefficient (Wildman–Crippen LogP) is 4.83. The van der Waals surface area contributed by atoms with Crippen LogP contribution in [-0.2, 0) is 4.74 Å². The number of amides is 2. The van der Waals surface area contributed by atoms with Gasteiger partial charge >= 0.3 is 0 Å². The first kappa shape index (κ1) is 25.5. The molecule has 0 aliphatic carbocycles. The monoisotopic (exact) mass is 515 g/mol. The Morgan fingerprint density at radius 3 is 2.53 bits per heavy atom. The zero-order valence-electron chi connectivity index (χ0n) is 22.2. The Balaban J connectivity index is 1.42. The third-order valence-electron chi connectivity index (χ3n) is 7.24. The van der Waals surface area contributed by atoms with Gasteiger partial charge in [0.25, 0.3) is 11.8 Å². The minimum absolute atomic E-state index is 0.0109. The van der Waals surface area contributed by atoms with Crippen LogP contribution in [0, 0.1) is 0 Å². The van der Waals surface area contributed by atoms with E-state index in [0.717, 1.165) is 24.2 Å². The maximum atomic E-state index is 13.2. The number of likely N-dealkylation sites (tertiary alicyclic amines) is 1. The van der Waals surface area contributed by atoms with Crippen LogP contribution in [0.15, 0.2) is 54.7 Å². The highest BCUT2D eigenvalue weighted by Crippen LogP contribution is 2.40. The first-order valence-corrected chi connectivity index (χ1v) is 12.9. The van der Waals surface area contributed by atoms with E-state index < -0.39 is 0 Å². The highest BCUT2D eigenvalue weighted by Gasteiger charge is 2.28. The van der Waals surface area contributed by atoms with Crippen molar-refractivity contribution in [3.63, 3.8) is 0 Å². The fraction of sp³-hybridized carbons (Fsp3) is 0.345. The molecule has 1 aromatic heterocycles. The molecule has 5 rings (SSSR count). The fourth-order valence-electron chi connectivity index (χ4n) is 5.05. The number of benzene rings is 2. The van der Waals surface area contributed by atoms with Crippen molar-refractivity contribution in [3.8, 4) is 5.75 Å². The van der Waals surface area contributed by atoms with Gasteiger partial charge in [-0.3, -0.25) is 9.59 Å². The lowest BCUT2D eigenvalue weighted by Crippen LogP contribution is -2.40. The van der Waals surface area contributed by atoms with Crippen molar-refractivity contribution in [3.05, 3.63) is 65.9 Å². The lowest BCUT2D eigenvalue weighted by molar-refractivity contribution is 0.0350. The van der Waals surface area contributed by atoms with E-state index in [4.69, 9.17) is 9.47 Å². The summed E-state index contributed by atoms with van der Waals surface area (Å²) in [5.41, 5.74) is 4.30. The van der Waals surface area contributed by atoms with Crippen LogP contribution in [0.1, 0.15) is 40.5 Å². The Morgan fingerprint density at radius 1 is 1.03 bits per heavy atom. The molecule has 1 fully saturated rings. The third kappa shape index (κ3) is 4.77. The van der Waals surface area contributed by atoms with Crippen molar-refractivity contribution < 1.29 is 19.1 Å².